The fourth-order valence-corrected chi connectivity index (χ4v) is 3.09. The normalized spacial score (nSPS) is 14.9. The quantitative estimate of drug-likeness (QED) is 0.770. The molecule has 2 atom stereocenters. The van der Waals surface area contributed by atoms with Gasteiger partial charge >= 0.3 is 13.7 Å². The van der Waals surface area contributed by atoms with E-state index in [1.54, 1.807) is 51.1 Å². The number of benzene rings is 1. The topological polar surface area (TPSA) is 94.1 Å². The molecule has 0 fully saturated rings. The van der Waals surface area contributed by atoms with Crippen molar-refractivity contribution >= 4 is 13.7 Å². The molecule has 1 aromatic rings. The van der Waals surface area contributed by atoms with Crippen molar-refractivity contribution in [3.63, 3.8) is 0 Å². The van der Waals surface area contributed by atoms with Gasteiger partial charge in [-0.15, -0.1) is 0 Å². The van der Waals surface area contributed by atoms with Gasteiger partial charge in [-0.05, 0) is 26.3 Å². The Hall–Kier alpha value is -1.40. The van der Waals surface area contributed by atoms with Crippen molar-refractivity contribution in [2.24, 2.45) is 0 Å². The first-order valence-electron chi connectivity index (χ1n) is 7.06. The van der Waals surface area contributed by atoms with Crippen LogP contribution < -0.4 is 5.32 Å². The molecule has 0 unspecified atom stereocenters. The Balaban J connectivity index is 3.09. The lowest BCUT2D eigenvalue weighted by atomic mass is 10.1. The van der Waals surface area contributed by atoms with E-state index < -0.39 is 31.2 Å². The Bertz CT molecular complexity index is 549. The van der Waals surface area contributed by atoms with E-state index >= 15 is 0 Å². The summed E-state index contributed by atoms with van der Waals surface area (Å²) in [6.45, 7) is 5.15. The Morgan fingerprint density at radius 2 is 1.70 bits per heavy atom. The van der Waals surface area contributed by atoms with Crippen molar-refractivity contribution in [3.05, 3.63) is 35.9 Å². The van der Waals surface area contributed by atoms with E-state index in [4.69, 9.17) is 13.8 Å². The molecule has 0 aromatic heterocycles. The molecule has 0 radical (unpaired) electrons. The van der Waals surface area contributed by atoms with E-state index in [0.29, 0.717) is 5.56 Å². The van der Waals surface area contributed by atoms with Gasteiger partial charge in [0.1, 0.15) is 5.60 Å². The van der Waals surface area contributed by atoms with Crippen molar-refractivity contribution in [2.75, 3.05) is 14.2 Å². The summed E-state index contributed by atoms with van der Waals surface area (Å²) in [5.74, 6) is -1.59. The van der Waals surface area contributed by atoms with E-state index in [-0.39, 0.29) is 0 Å². The number of amides is 1. The molecule has 7 nitrogen and oxygen atoms in total. The van der Waals surface area contributed by atoms with Crippen LogP contribution in [0.5, 0.6) is 0 Å². The highest BCUT2D eigenvalue weighted by molar-refractivity contribution is 7.54. The minimum absolute atomic E-state index is 0.542. The zero-order valence-electron chi connectivity index (χ0n) is 14.0. The monoisotopic (exact) mass is 345 g/mol. The minimum atomic E-state index is -3.82. The van der Waals surface area contributed by atoms with Crippen LogP contribution in [0.15, 0.2) is 30.3 Å². The number of aliphatic hydroxyl groups is 1. The third-order valence-corrected chi connectivity index (χ3v) is 4.93. The smallest absolute Gasteiger partial charge is 0.408 e. The summed E-state index contributed by atoms with van der Waals surface area (Å²) in [4.78, 5) is 12.0. The van der Waals surface area contributed by atoms with E-state index in [1.165, 1.54) is 14.2 Å². The first kappa shape index (κ1) is 19.6. The van der Waals surface area contributed by atoms with Crippen molar-refractivity contribution in [1.29, 1.82) is 0 Å². The van der Waals surface area contributed by atoms with E-state index in [9.17, 15) is 14.5 Å². The molecule has 130 valence electrons. The fraction of sp³-hybridized carbons (Fsp3) is 0.533. The number of hydrogen-bond acceptors (Lipinski definition) is 6. The Morgan fingerprint density at radius 1 is 1.17 bits per heavy atom. The van der Waals surface area contributed by atoms with Crippen LogP contribution in [0.4, 0.5) is 4.79 Å². The molecule has 0 saturated heterocycles. The molecule has 0 saturated carbocycles. The second-order valence-corrected chi connectivity index (χ2v) is 8.19. The number of rotatable bonds is 6. The summed E-state index contributed by atoms with van der Waals surface area (Å²) < 4.78 is 27.3. The van der Waals surface area contributed by atoms with Crippen molar-refractivity contribution < 1.29 is 28.3 Å². The summed E-state index contributed by atoms with van der Waals surface area (Å²) in [6.07, 6.45) is -0.746. The average molecular weight is 345 g/mol. The largest absolute Gasteiger partial charge is 0.444 e. The number of alkyl carbamates (subject to hydrolysis) is 1. The third kappa shape index (κ3) is 5.62. The van der Waals surface area contributed by atoms with E-state index in [2.05, 4.69) is 5.32 Å². The molecule has 0 spiro atoms. The van der Waals surface area contributed by atoms with Crippen LogP contribution in [0.3, 0.4) is 0 Å². The maximum absolute atomic E-state index is 12.4. The van der Waals surface area contributed by atoms with Gasteiger partial charge in [-0.3, -0.25) is 4.57 Å². The van der Waals surface area contributed by atoms with Crippen LogP contribution in [0, 0.1) is 0 Å². The van der Waals surface area contributed by atoms with Crippen molar-refractivity contribution in [1.82, 2.24) is 5.32 Å². The second-order valence-electron chi connectivity index (χ2n) is 5.85. The van der Waals surface area contributed by atoms with Gasteiger partial charge in [-0.2, -0.15) is 0 Å². The third-order valence-electron chi connectivity index (χ3n) is 2.96. The molecule has 0 aliphatic rings. The summed E-state index contributed by atoms with van der Waals surface area (Å²) in [5, 5.41) is 13.0. The Kier molecular flexibility index (Phi) is 6.77. The average Bonchev–Trinajstić information content (AvgIpc) is 2.50. The van der Waals surface area contributed by atoms with Crippen LogP contribution in [-0.4, -0.2) is 36.9 Å². The number of hydrogen-bond donors (Lipinski definition) is 2. The number of nitrogens with one attached hydrogen (secondary N) is 1. The maximum atomic E-state index is 12.4. The van der Waals surface area contributed by atoms with Gasteiger partial charge in [0, 0.05) is 14.2 Å². The van der Waals surface area contributed by atoms with Gasteiger partial charge in [-0.1, -0.05) is 30.3 Å². The van der Waals surface area contributed by atoms with E-state index in [0.717, 1.165) is 0 Å². The van der Waals surface area contributed by atoms with Crippen LogP contribution in [-0.2, 0) is 18.3 Å². The number of carbonyl (C=O) groups excluding carboxylic acids is 1. The van der Waals surface area contributed by atoms with Gasteiger partial charge in [-0.25, -0.2) is 4.79 Å². The van der Waals surface area contributed by atoms with Crippen LogP contribution >= 0.6 is 7.60 Å². The zero-order valence-corrected chi connectivity index (χ0v) is 14.9. The van der Waals surface area contributed by atoms with E-state index in [1.807, 2.05) is 0 Å². The van der Waals surface area contributed by atoms with Crippen molar-refractivity contribution in [2.45, 2.75) is 38.3 Å². The lowest BCUT2D eigenvalue weighted by Crippen LogP contribution is -2.40. The Morgan fingerprint density at radius 3 is 2.13 bits per heavy atom. The Labute approximate surface area is 136 Å². The van der Waals surface area contributed by atoms with Gasteiger partial charge in [0.05, 0.1) is 6.04 Å². The summed E-state index contributed by atoms with van der Waals surface area (Å²) in [6, 6.07) is 7.60. The molecular weight excluding hydrogens is 321 g/mol. The predicted octanol–water partition coefficient (Wildman–Crippen LogP) is 3.06. The predicted molar refractivity (Wildman–Crippen MR) is 86.2 cm³/mol. The molecular formula is C15H24NO6P. The second kappa shape index (κ2) is 7.93. The molecule has 0 heterocycles. The summed E-state index contributed by atoms with van der Waals surface area (Å²) in [7, 11) is -1.48. The lowest BCUT2D eigenvalue weighted by molar-refractivity contribution is 0.0453. The molecule has 0 aliphatic heterocycles. The van der Waals surface area contributed by atoms with Gasteiger partial charge in [0.25, 0.3) is 0 Å². The van der Waals surface area contributed by atoms with Gasteiger partial charge < -0.3 is 24.2 Å². The molecule has 1 amide bonds. The highest BCUT2D eigenvalue weighted by atomic mass is 31.2. The van der Waals surface area contributed by atoms with Crippen molar-refractivity contribution in [3.8, 4) is 0 Å². The summed E-state index contributed by atoms with van der Waals surface area (Å²) >= 11 is 0. The van der Waals surface area contributed by atoms with Gasteiger partial charge in [0.2, 0.25) is 0 Å². The summed E-state index contributed by atoms with van der Waals surface area (Å²) in [5.41, 5.74) is -0.164. The highest BCUT2D eigenvalue weighted by Crippen LogP contribution is 2.54. The van der Waals surface area contributed by atoms with Crippen LogP contribution in [0.2, 0.25) is 0 Å². The molecule has 1 rings (SSSR count). The SMILES string of the molecule is COP(=O)(OC)[C@H](O)[C@H](NC(=O)OC(C)(C)C)c1ccccc1. The van der Waals surface area contributed by atoms with Gasteiger partial charge in [0.15, 0.2) is 5.85 Å². The number of aliphatic hydroxyl groups excluding tert-OH is 1. The van der Waals surface area contributed by atoms with Crippen LogP contribution in [0.1, 0.15) is 32.4 Å². The molecule has 1 aromatic carbocycles. The molecule has 0 bridgehead atoms. The zero-order chi connectivity index (χ0) is 17.7. The number of ether oxygens (including phenoxy) is 1. The minimum Gasteiger partial charge on any atom is -0.444 e. The maximum Gasteiger partial charge on any atom is 0.408 e. The molecule has 8 heteroatoms. The van der Waals surface area contributed by atoms with Crippen LogP contribution in [0.25, 0.3) is 0 Å². The molecule has 2 N–H and O–H groups in total. The standard InChI is InChI=1S/C15H24NO6P/c1-15(2,3)22-14(18)16-12(11-9-7-6-8-10-11)13(17)23(19,20-4)21-5/h6-10,12-13,17H,1-5H3,(H,16,18)/t12-,13+/m1/s1. The first-order valence-corrected chi connectivity index (χ1v) is 8.68. The number of carbonyl (C=O) groups is 1. The fourth-order valence-electron chi connectivity index (χ4n) is 1.90. The first-order chi connectivity index (χ1) is 10.6. The highest BCUT2D eigenvalue weighted by Gasteiger charge is 2.40. The molecule has 23 heavy (non-hydrogen) atoms. The lowest BCUT2D eigenvalue weighted by Gasteiger charge is -2.29. The molecule has 0 aliphatic carbocycles.